The molecule has 0 rings (SSSR count). The smallest absolute Gasteiger partial charge is 0.00515 e. The predicted octanol–water partition coefficient (Wildman–Crippen LogP) is 2.55. The molecule has 10 heavy (non-hydrogen) atoms. The molecule has 0 saturated carbocycles. The third-order valence-electron chi connectivity index (χ3n) is 1.95. The van der Waals surface area contributed by atoms with E-state index in [1.807, 2.05) is 0 Å². The van der Waals surface area contributed by atoms with Gasteiger partial charge in [-0.1, -0.05) is 39.5 Å². The second-order valence-electron chi connectivity index (χ2n) is 3.19. The zero-order valence-corrected chi connectivity index (χ0v) is 7.40. The van der Waals surface area contributed by atoms with E-state index in [4.69, 9.17) is 5.73 Å². The molecule has 1 unspecified atom stereocenters. The Morgan fingerprint density at radius 3 is 2.40 bits per heavy atom. The van der Waals surface area contributed by atoms with Gasteiger partial charge in [0.2, 0.25) is 0 Å². The Balaban J connectivity index is 2.89. The Morgan fingerprint density at radius 2 is 1.90 bits per heavy atom. The van der Waals surface area contributed by atoms with Crippen LogP contribution < -0.4 is 5.73 Å². The van der Waals surface area contributed by atoms with Crippen LogP contribution in [0.5, 0.6) is 0 Å². The largest absolute Gasteiger partial charge is 0.330 e. The number of hydrogen-bond acceptors (Lipinski definition) is 1. The zero-order chi connectivity index (χ0) is 7.82. The Hall–Kier alpha value is -0.0400. The fourth-order valence-electron chi connectivity index (χ4n) is 1.04. The van der Waals surface area contributed by atoms with E-state index in [-0.39, 0.29) is 0 Å². The summed E-state index contributed by atoms with van der Waals surface area (Å²) in [5.74, 6) is 0.733. The first-order valence-electron chi connectivity index (χ1n) is 4.51. The summed E-state index contributed by atoms with van der Waals surface area (Å²) in [4.78, 5) is 0. The lowest BCUT2D eigenvalue weighted by molar-refractivity contribution is 0.498. The lowest BCUT2D eigenvalue weighted by Gasteiger charge is -2.06. The minimum Gasteiger partial charge on any atom is -0.330 e. The van der Waals surface area contributed by atoms with Crippen LogP contribution >= 0.6 is 0 Å². The molecule has 0 amide bonds. The first kappa shape index (κ1) is 9.96. The highest BCUT2D eigenvalue weighted by Crippen LogP contribution is 2.08. The molecule has 62 valence electrons. The van der Waals surface area contributed by atoms with Gasteiger partial charge in [0.25, 0.3) is 0 Å². The van der Waals surface area contributed by atoms with Crippen LogP contribution in [0.3, 0.4) is 0 Å². The number of nitrogens with two attached hydrogens (primary N) is 1. The predicted molar refractivity (Wildman–Crippen MR) is 47.0 cm³/mol. The summed E-state index contributed by atoms with van der Waals surface area (Å²) in [6.07, 6.45) is 6.79. The molecule has 1 heteroatoms. The monoisotopic (exact) mass is 143 g/mol. The van der Waals surface area contributed by atoms with Crippen LogP contribution in [0.15, 0.2) is 0 Å². The molecule has 0 bridgehead atoms. The summed E-state index contributed by atoms with van der Waals surface area (Å²) < 4.78 is 0. The average molecular weight is 143 g/mol. The van der Waals surface area contributed by atoms with E-state index in [1.54, 1.807) is 0 Å². The van der Waals surface area contributed by atoms with Crippen molar-refractivity contribution < 1.29 is 0 Å². The van der Waals surface area contributed by atoms with Crippen LogP contribution in [-0.4, -0.2) is 6.54 Å². The third kappa shape index (κ3) is 6.09. The maximum absolute atomic E-state index is 5.49. The minimum atomic E-state index is 0.733. The van der Waals surface area contributed by atoms with Crippen molar-refractivity contribution in [3.05, 3.63) is 0 Å². The molecule has 0 aliphatic carbocycles. The van der Waals surface area contributed by atoms with E-state index in [0.29, 0.717) is 0 Å². The van der Waals surface area contributed by atoms with Gasteiger partial charge in [0.15, 0.2) is 0 Å². The van der Waals surface area contributed by atoms with Gasteiger partial charge in [-0.05, 0) is 18.9 Å². The first-order valence-corrected chi connectivity index (χ1v) is 4.51. The lowest BCUT2D eigenvalue weighted by atomic mass is 10.0. The SMILES string of the molecule is CCCCCCC(C)CN. The van der Waals surface area contributed by atoms with Gasteiger partial charge in [0.1, 0.15) is 0 Å². The van der Waals surface area contributed by atoms with Gasteiger partial charge in [0.05, 0.1) is 0 Å². The van der Waals surface area contributed by atoms with Gasteiger partial charge in [-0.15, -0.1) is 0 Å². The van der Waals surface area contributed by atoms with E-state index in [0.717, 1.165) is 12.5 Å². The normalized spacial score (nSPS) is 13.5. The Bertz CT molecular complexity index is 61.7. The number of rotatable bonds is 6. The van der Waals surface area contributed by atoms with Crippen molar-refractivity contribution in [1.82, 2.24) is 0 Å². The molecular formula is C9H21N. The molecule has 0 fully saturated rings. The standard InChI is InChI=1S/C9H21N/c1-3-4-5-6-7-9(2)8-10/h9H,3-8,10H2,1-2H3. The van der Waals surface area contributed by atoms with Gasteiger partial charge in [-0.25, -0.2) is 0 Å². The summed E-state index contributed by atoms with van der Waals surface area (Å²) in [5.41, 5.74) is 5.49. The molecule has 0 saturated heterocycles. The fraction of sp³-hybridized carbons (Fsp3) is 1.00. The molecule has 0 spiro atoms. The van der Waals surface area contributed by atoms with Crippen molar-refractivity contribution in [2.75, 3.05) is 6.54 Å². The van der Waals surface area contributed by atoms with Crippen LogP contribution in [-0.2, 0) is 0 Å². The molecule has 0 aromatic rings. The Labute approximate surface area is 65.0 Å². The van der Waals surface area contributed by atoms with Gasteiger partial charge < -0.3 is 5.73 Å². The summed E-state index contributed by atoms with van der Waals surface area (Å²) in [6, 6.07) is 0. The molecular weight excluding hydrogens is 122 g/mol. The highest BCUT2D eigenvalue weighted by molar-refractivity contribution is 4.52. The van der Waals surface area contributed by atoms with Gasteiger partial charge in [-0.2, -0.15) is 0 Å². The van der Waals surface area contributed by atoms with E-state index in [9.17, 15) is 0 Å². The molecule has 0 radical (unpaired) electrons. The maximum atomic E-state index is 5.49. The average Bonchev–Trinajstić information content (AvgIpc) is 1.98. The van der Waals surface area contributed by atoms with Crippen LogP contribution in [0.4, 0.5) is 0 Å². The van der Waals surface area contributed by atoms with Crippen molar-refractivity contribution in [2.45, 2.75) is 46.0 Å². The quantitative estimate of drug-likeness (QED) is 0.568. The van der Waals surface area contributed by atoms with Crippen molar-refractivity contribution in [3.63, 3.8) is 0 Å². The number of hydrogen-bond donors (Lipinski definition) is 1. The van der Waals surface area contributed by atoms with E-state index in [2.05, 4.69) is 13.8 Å². The van der Waals surface area contributed by atoms with Crippen LogP contribution in [0.2, 0.25) is 0 Å². The van der Waals surface area contributed by atoms with Crippen LogP contribution in [0.25, 0.3) is 0 Å². The van der Waals surface area contributed by atoms with Gasteiger partial charge in [-0.3, -0.25) is 0 Å². The molecule has 1 atom stereocenters. The molecule has 0 aliphatic heterocycles. The molecule has 0 heterocycles. The fourth-order valence-corrected chi connectivity index (χ4v) is 1.04. The topological polar surface area (TPSA) is 26.0 Å². The van der Waals surface area contributed by atoms with Crippen molar-refractivity contribution in [3.8, 4) is 0 Å². The highest BCUT2D eigenvalue weighted by Gasteiger charge is 1.96. The maximum Gasteiger partial charge on any atom is -0.00515 e. The summed E-state index contributed by atoms with van der Waals surface area (Å²) in [7, 11) is 0. The third-order valence-corrected chi connectivity index (χ3v) is 1.95. The first-order chi connectivity index (χ1) is 4.81. The second-order valence-corrected chi connectivity index (χ2v) is 3.19. The van der Waals surface area contributed by atoms with E-state index in [1.165, 1.54) is 32.1 Å². The number of unbranched alkanes of at least 4 members (excludes halogenated alkanes) is 3. The Kier molecular flexibility index (Phi) is 7.04. The Morgan fingerprint density at radius 1 is 1.20 bits per heavy atom. The van der Waals surface area contributed by atoms with Crippen molar-refractivity contribution in [2.24, 2.45) is 11.7 Å². The van der Waals surface area contributed by atoms with Gasteiger partial charge >= 0.3 is 0 Å². The minimum absolute atomic E-state index is 0.733. The lowest BCUT2D eigenvalue weighted by Crippen LogP contribution is -2.10. The molecule has 0 aromatic heterocycles. The summed E-state index contributed by atoms with van der Waals surface area (Å²) in [5, 5.41) is 0. The van der Waals surface area contributed by atoms with Crippen LogP contribution in [0.1, 0.15) is 46.0 Å². The van der Waals surface area contributed by atoms with Crippen LogP contribution in [0, 0.1) is 5.92 Å². The molecule has 0 aliphatic rings. The molecule has 2 N–H and O–H groups in total. The summed E-state index contributed by atoms with van der Waals surface area (Å²) in [6.45, 7) is 5.32. The van der Waals surface area contributed by atoms with E-state index >= 15 is 0 Å². The van der Waals surface area contributed by atoms with Gasteiger partial charge in [0, 0.05) is 0 Å². The molecule has 1 nitrogen and oxygen atoms in total. The van der Waals surface area contributed by atoms with Crippen molar-refractivity contribution in [1.29, 1.82) is 0 Å². The summed E-state index contributed by atoms with van der Waals surface area (Å²) >= 11 is 0. The highest BCUT2D eigenvalue weighted by atomic mass is 14.5. The molecule has 0 aromatic carbocycles. The van der Waals surface area contributed by atoms with E-state index < -0.39 is 0 Å². The zero-order valence-electron chi connectivity index (χ0n) is 7.40. The van der Waals surface area contributed by atoms with Crippen molar-refractivity contribution >= 4 is 0 Å². The second kappa shape index (κ2) is 7.07.